The first-order chi connectivity index (χ1) is 7.41. The highest BCUT2D eigenvalue weighted by Crippen LogP contribution is 2.37. The molecule has 2 fully saturated rings. The summed E-state index contributed by atoms with van der Waals surface area (Å²) >= 11 is 0. The molecule has 0 spiro atoms. The van der Waals surface area contributed by atoms with E-state index in [-0.39, 0.29) is 23.8 Å². The van der Waals surface area contributed by atoms with Crippen molar-refractivity contribution in [1.82, 2.24) is 4.90 Å². The lowest BCUT2D eigenvalue weighted by molar-refractivity contribution is 0.0949. The van der Waals surface area contributed by atoms with E-state index in [0.717, 1.165) is 0 Å². The molecule has 0 aromatic heterocycles. The van der Waals surface area contributed by atoms with E-state index in [4.69, 9.17) is 4.74 Å². The van der Waals surface area contributed by atoms with Crippen LogP contribution in [-0.2, 0) is 4.74 Å². The topological polar surface area (TPSA) is 29.5 Å². The van der Waals surface area contributed by atoms with E-state index in [2.05, 4.69) is 27.7 Å². The zero-order valence-electron chi connectivity index (χ0n) is 10.8. The van der Waals surface area contributed by atoms with Gasteiger partial charge in [0.1, 0.15) is 6.10 Å². The van der Waals surface area contributed by atoms with Crippen molar-refractivity contribution < 1.29 is 9.53 Å². The standard InChI is InChI=1S/C13H23NO2/c1-9-11(10-7-5-6-8-10)16-12(15)14(9)13(2,3)4/h9-11H,5-8H2,1-4H3/t9-,11-/m0/s1. The third-order valence-electron chi connectivity index (χ3n) is 3.90. The number of carbonyl (C=O) groups is 1. The van der Waals surface area contributed by atoms with E-state index in [1.54, 1.807) is 0 Å². The number of rotatable bonds is 1. The van der Waals surface area contributed by atoms with Crippen molar-refractivity contribution in [2.75, 3.05) is 0 Å². The smallest absolute Gasteiger partial charge is 0.410 e. The van der Waals surface area contributed by atoms with Gasteiger partial charge >= 0.3 is 6.09 Å². The van der Waals surface area contributed by atoms with Gasteiger partial charge in [-0.1, -0.05) is 12.8 Å². The minimum Gasteiger partial charge on any atom is -0.444 e. The molecular weight excluding hydrogens is 202 g/mol. The SMILES string of the molecule is C[C@H]1[C@@H](C2CCCC2)OC(=O)N1C(C)(C)C. The summed E-state index contributed by atoms with van der Waals surface area (Å²) in [6.07, 6.45) is 5.02. The van der Waals surface area contributed by atoms with Gasteiger partial charge in [-0.2, -0.15) is 0 Å². The summed E-state index contributed by atoms with van der Waals surface area (Å²) in [5.41, 5.74) is -0.135. The van der Waals surface area contributed by atoms with E-state index in [9.17, 15) is 4.79 Å². The lowest BCUT2D eigenvalue weighted by Crippen LogP contribution is -2.48. The molecule has 1 saturated heterocycles. The lowest BCUT2D eigenvalue weighted by atomic mass is 9.93. The van der Waals surface area contributed by atoms with Crippen molar-refractivity contribution in [2.45, 2.75) is 71.1 Å². The Morgan fingerprint density at radius 3 is 2.25 bits per heavy atom. The quantitative estimate of drug-likeness (QED) is 0.686. The number of hydrogen-bond acceptors (Lipinski definition) is 2. The molecule has 0 unspecified atom stereocenters. The molecule has 1 aliphatic heterocycles. The highest BCUT2D eigenvalue weighted by atomic mass is 16.6. The molecule has 3 heteroatoms. The van der Waals surface area contributed by atoms with Gasteiger partial charge in [0, 0.05) is 5.54 Å². The van der Waals surface area contributed by atoms with Gasteiger partial charge in [0.2, 0.25) is 0 Å². The fourth-order valence-electron chi connectivity index (χ4n) is 3.25. The van der Waals surface area contributed by atoms with Crippen LogP contribution in [0.5, 0.6) is 0 Å². The fraction of sp³-hybridized carbons (Fsp3) is 0.923. The second kappa shape index (κ2) is 3.94. The molecular formula is C13H23NO2. The van der Waals surface area contributed by atoms with Crippen LogP contribution in [0.2, 0.25) is 0 Å². The second-order valence-electron chi connectivity index (χ2n) is 6.17. The summed E-state index contributed by atoms with van der Waals surface area (Å²) < 4.78 is 5.58. The van der Waals surface area contributed by atoms with E-state index in [1.165, 1.54) is 25.7 Å². The Morgan fingerprint density at radius 2 is 1.81 bits per heavy atom. The molecule has 2 rings (SSSR count). The summed E-state index contributed by atoms with van der Waals surface area (Å²) in [6, 6.07) is 0.218. The van der Waals surface area contributed by atoms with E-state index >= 15 is 0 Å². The van der Waals surface area contributed by atoms with Crippen molar-refractivity contribution >= 4 is 6.09 Å². The Labute approximate surface area is 98.1 Å². The van der Waals surface area contributed by atoms with Crippen molar-refractivity contribution in [3.05, 3.63) is 0 Å². The van der Waals surface area contributed by atoms with Gasteiger partial charge in [-0.05, 0) is 46.5 Å². The van der Waals surface area contributed by atoms with E-state index in [0.29, 0.717) is 5.92 Å². The summed E-state index contributed by atoms with van der Waals surface area (Å²) in [4.78, 5) is 13.8. The first-order valence-electron chi connectivity index (χ1n) is 6.41. The molecule has 3 nitrogen and oxygen atoms in total. The highest BCUT2D eigenvalue weighted by Gasteiger charge is 2.47. The predicted molar refractivity (Wildman–Crippen MR) is 63.3 cm³/mol. The third kappa shape index (κ3) is 1.92. The zero-order valence-corrected chi connectivity index (χ0v) is 10.8. The summed E-state index contributed by atoms with van der Waals surface area (Å²) in [5.74, 6) is 0.589. The van der Waals surface area contributed by atoms with Crippen LogP contribution in [0.3, 0.4) is 0 Å². The molecule has 92 valence electrons. The van der Waals surface area contributed by atoms with E-state index in [1.807, 2.05) is 4.90 Å². The Morgan fingerprint density at radius 1 is 1.25 bits per heavy atom. The van der Waals surface area contributed by atoms with Crippen LogP contribution >= 0.6 is 0 Å². The maximum Gasteiger partial charge on any atom is 0.410 e. The molecule has 0 bridgehead atoms. The Balaban J connectivity index is 2.12. The van der Waals surface area contributed by atoms with Crippen LogP contribution in [-0.4, -0.2) is 28.7 Å². The molecule has 0 aromatic carbocycles. The Hall–Kier alpha value is -0.730. The number of hydrogen-bond donors (Lipinski definition) is 0. The molecule has 1 saturated carbocycles. The summed E-state index contributed by atoms with van der Waals surface area (Å²) in [6.45, 7) is 8.34. The molecule has 1 aliphatic carbocycles. The van der Waals surface area contributed by atoms with Gasteiger partial charge in [-0.15, -0.1) is 0 Å². The van der Waals surface area contributed by atoms with Gasteiger partial charge in [-0.25, -0.2) is 4.79 Å². The van der Waals surface area contributed by atoms with Crippen LogP contribution in [0.1, 0.15) is 53.4 Å². The molecule has 2 aliphatic rings. The van der Waals surface area contributed by atoms with E-state index < -0.39 is 0 Å². The molecule has 1 heterocycles. The van der Waals surface area contributed by atoms with Crippen molar-refractivity contribution in [3.8, 4) is 0 Å². The summed E-state index contributed by atoms with van der Waals surface area (Å²) in [5, 5.41) is 0. The van der Waals surface area contributed by atoms with Crippen LogP contribution < -0.4 is 0 Å². The van der Waals surface area contributed by atoms with Gasteiger partial charge < -0.3 is 4.74 Å². The molecule has 0 N–H and O–H groups in total. The maximum atomic E-state index is 11.9. The zero-order chi connectivity index (χ0) is 11.9. The van der Waals surface area contributed by atoms with Crippen molar-refractivity contribution in [1.29, 1.82) is 0 Å². The van der Waals surface area contributed by atoms with Crippen molar-refractivity contribution in [3.63, 3.8) is 0 Å². The van der Waals surface area contributed by atoms with Gasteiger partial charge in [0.05, 0.1) is 6.04 Å². The van der Waals surface area contributed by atoms with Crippen molar-refractivity contribution in [2.24, 2.45) is 5.92 Å². The van der Waals surface area contributed by atoms with Crippen LogP contribution in [0, 0.1) is 5.92 Å². The molecule has 0 radical (unpaired) electrons. The Kier molecular flexibility index (Phi) is 2.89. The van der Waals surface area contributed by atoms with Crippen LogP contribution in [0.15, 0.2) is 0 Å². The number of cyclic esters (lactones) is 1. The number of ether oxygens (including phenoxy) is 1. The van der Waals surface area contributed by atoms with Crippen LogP contribution in [0.25, 0.3) is 0 Å². The minimum absolute atomic E-state index is 0.120. The number of carbonyl (C=O) groups excluding carboxylic acids is 1. The number of nitrogens with zero attached hydrogens (tertiary/aromatic N) is 1. The maximum absolute atomic E-state index is 11.9. The summed E-state index contributed by atoms with van der Waals surface area (Å²) in [7, 11) is 0. The van der Waals surface area contributed by atoms with Gasteiger partial charge in [0.25, 0.3) is 0 Å². The first kappa shape index (κ1) is 11.7. The minimum atomic E-state index is -0.135. The number of amides is 1. The predicted octanol–water partition coefficient (Wildman–Crippen LogP) is 3.18. The van der Waals surface area contributed by atoms with Gasteiger partial charge in [-0.3, -0.25) is 4.90 Å². The average molecular weight is 225 g/mol. The van der Waals surface area contributed by atoms with Crippen LogP contribution in [0.4, 0.5) is 4.79 Å². The Bertz CT molecular complexity index is 276. The third-order valence-corrected chi connectivity index (χ3v) is 3.90. The fourth-order valence-corrected chi connectivity index (χ4v) is 3.25. The average Bonchev–Trinajstić information content (AvgIpc) is 2.71. The molecule has 1 amide bonds. The highest BCUT2D eigenvalue weighted by molar-refractivity contribution is 5.71. The monoisotopic (exact) mass is 225 g/mol. The lowest BCUT2D eigenvalue weighted by Gasteiger charge is -2.34. The van der Waals surface area contributed by atoms with Gasteiger partial charge in [0.15, 0.2) is 0 Å². The second-order valence-corrected chi connectivity index (χ2v) is 6.17. The largest absolute Gasteiger partial charge is 0.444 e. The molecule has 2 atom stereocenters. The molecule has 16 heavy (non-hydrogen) atoms. The first-order valence-corrected chi connectivity index (χ1v) is 6.41. The normalized spacial score (nSPS) is 32.2. The molecule has 0 aromatic rings.